The predicted octanol–water partition coefficient (Wildman–Crippen LogP) is 3.40. The van der Waals surface area contributed by atoms with Crippen molar-refractivity contribution in [2.75, 3.05) is 0 Å². The predicted molar refractivity (Wildman–Crippen MR) is 163 cm³/mol. The molecular formula is C35H40O11. The number of ether oxygens (including phenoxy) is 5. The van der Waals surface area contributed by atoms with Crippen LogP contribution in [-0.2, 0) is 38.1 Å². The molecule has 11 heteroatoms. The second-order valence-corrected chi connectivity index (χ2v) is 13.1. The first-order valence-electron chi connectivity index (χ1n) is 15.2. The van der Waals surface area contributed by atoms with Gasteiger partial charge in [-0.3, -0.25) is 9.59 Å². The Morgan fingerprint density at radius 2 is 1.41 bits per heavy atom. The molecule has 0 amide bonds. The molecule has 1 heterocycles. The van der Waals surface area contributed by atoms with Gasteiger partial charge in [0.05, 0.1) is 16.6 Å². The molecule has 3 fully saturated rings. The molecule has 11 nitrogen and oxygen atoms in total. The van der Waals surface area contributed by atoms with Crippen LogP contribution in [0.5, 0.6) is 0 Å². The van der Waals surface area contributed by atoms with Crippen molar-refractivity contribution in [3.63, 3.8) is 0 Å². The SMILES string of the molecule is CC(=O)O[C@H]1[C@H](OC(=O)c2ccccc2)[C@@]2(C)[C@@H](OC(=O)C=Cc3ccccc3)C[C@@H]3[C@@H](OC(C)=O)[C@]2(OC3(C)C)[C@@](C)(O)[C@H]1O. The largest absolute Gasteiger partial charge is 0.459 e. The number of rotatable bonds is 7. The molecule has 9 atom stereocenters. The standard InChI is InChI=1S/C35H40O11/c1-20(36)42-27-28(39)34(6,41)35-29(43-21(2)37)24(32(3,4)46-35)19-25(44-26(38)18-17-22-13-9-7-10-14-22)33(35,5)30(27)45-31(40)23-15-11-8-12-16-23/h7-18,24-25,27-30,39,41H,19H2,1-6H3/t24-,25+,27-,28+,29-,30+,33-,34+,35-/m1/s1. The third kappa shape index (κ3) is 5.30. The summed E-state index contributed by atoms with van der Waals surface area (Å²) in [5, 5.41) is 24.2. The summed E-state index contributed by atoms with van der Waals surface area (Å²) >= 11 is 0. The number of carbonyl (C=O) groups excluding carboxylic acids is 4. The summed E-state index contributed by atoms with van der Waals surface area (Å²) in [6, 6.07) is 17.1. The minimum atomic E-state index is -2.31. The van der Waals surface area contributed by atoms with Crippen LogP contribution in [-0.4, -0.2) is 81.4 Å². The summed E-state index contributed by atoms with van der Waals surface area (Å²) in [5.74, 6) is -3.71. The van der Waals surface area contributed by atoms with Gasteiger partial charge < -0.3 is 33.9 Å². The Morgan fingerprint density at radius 1 is 0.826 bits per heavy atom. The number of carbonyl (C=O) groups is 4. The van der Waals surface area contributed by atoms with E-state index in [2.05, 4.69) is 0 Å². The van der Waals surface area contributed by atoms with Crippen molar-refractivity contribution in [2.24, 2.45) is 11.3 Å². The van der Waals surface area contributed by atoms with Crippen molar-refractivity contribution in [3.8, 4) is 0 Å². The van der Waals surface area contributed by atoms with Gasteiger partial charge in [0.2, 0.25) is 0 Å². The molecule has 2 aromatic carbocycles. The Kier molecular flexibility index (Phi) is 8.65. The second kappa shape index (κ2) is 11.9. The van der Waals surface area contributed by atoms with Crippen LogP contribution >= 0.6 is 0 Å². The highest BCUT2D eigenvalue weighted by Gasteiger charge is 2.86. The van der Waals surface area contributed by atoms with Crippen LogP contribution in [0.4, 0.5) is 0 Å². The van der Waals surface area contributed by atoms with E-state index in [1.54, 1.807) is 45.0 Å². The molecule has 1 aliphatic heterocycles. The van der Waals surface area contributed by atoms with Crippen LogP contribution in [0.15, 0.2) is 66.7 Å². The van der Waals surface area contributed by atoms with E-state index in [4.69, 9.17) is 23.7 Å². The Morgan fingerprint density at radius 3 is 2.00 bits per heavy atom. The summed E-state index contributed by atoms with van der Waals surface area (Å²) in [7, 11) is 0. The Hall–Kier alpha value is -4.06. The lowest BCUT2D eigenvalue weighted by Crippen LogP contribution is -2.85. The van der Waals surface area contributed by atoms with Crippen molar-refractivity contribution in [1.29, 1.82) is 0 Å². The van der Waals surface area contributed by atoms with E-state index >= 15 is 0 Å². The molecule has 1 spiro atoms. The molecule has 5 rings (SSSR count). The van der Waals surface area contributed by atoms with Crippen LogP contribution in [0.2, 0.25) is 0 Å². The Labute approximate surface area is 267 Å². The first-order chi connectivity index (χ1) is 21.6. The van der Waals surface area contributed by atoms with Gasteiger partial charge in [0.15, 0.2) is 12.2 Å². The minimum Gasteiger partial charge on any atom is -0.459 e. The lowest BCUT2D eigenvalue weighted by molar-refractivity contribution is -0.368. The molecule has 2 aliphatic carbocycles. The fourth-order valence-electron chi connectivity index (χ4n) is 7.80. The number of fused-ring (bicyclic) bond motifs is 1. The highest BCUT2D eigenvalue weighted by atomic mass is 16.6. The van der Waals surface area contributed by atoms with Gasteiger partial charge in [-0.1, -0.05) is 48.5 Å². The van der Waals surface area contributed by atoms with Gasteiger partial charge >= 0.3 is 23.9 Å². The smallest absolute Gasteiger partial charge is 0.338 e. The molecule has 2 saturated carbocycles. The summed E-state index contributed by atoms with van der Waals surface area (Å²) in [4.78, 5) is 52.1. The average Bonchev–Trinajstić information content (AvgIpc) is 3.18. The molecule has 2 N–H and O–H groups in total. The van der Waals surface area contributed by atoms with Crippen molar-refractivity contribution < 1.29 is 53.1 Å². The van der Waals surface area contributed by atoms with E-state index in [1.165, 1.54) is 32.1 Å². The Bertz CT molecular complexity index is 1520. The number of esters is 4. The molecule has 2 aromatic rings. The zero-order valence-corrected chi connectivity index (χ0v) is 26.7. The third-order valence-electron chi connectivity index (χ3n) is 9.86. The number of aliphatic hydroxyl groups excluding tert-OH is 1. The monoisotopic (exact) mass is 636 g/mol. The molecule has 0 aromatic heterocycles. The van der Waals surface area contributed by atoms with Crippen LogP contribution < -0.4 is 0 Å². The molecule has 46 heavy (non-hydrogen) atoms. The molecule has 0 radical (unpaired) electrons. The molecule has 1 saturated heterocycles. The topological polar surface area (TPSA) is 155 Å². The highest BCUT2D eigenvalue weighted by Crippen LogP contribution is 2.69. The molecule has 2 bridgehead atoms. The van der Waals surface area contributed by atoms with E-state index in [-0.39, 0.29) is 12.0 Å². The molecular weight excluding hydrogens is 596 g/mol. The van der Waals surface area contributed by atoms with Gasteiger partial charge in [-0.05, 0) is 57.9 Å². The fraction of sp³-hybridized carbons (Fsp3) is 0.486. The van der Waals surface area contributed by atoms with Crippen molar-refractivity contribution in [3.05, 3.63) is 77.9 Å². The van der Waals surface area contributed by atoms with Crippen LogP contribution in [0.1, 0.15) is 63.9 Å². The summed E-state index contributed by atoms with van der Waals surface area (Å²) in [6.45, 7) is 8.67. The van der Waals surface area contributed by atoms with Crippen LogP contribution in [0.25, 0.3) is 6.08 Å². The average molecular weight is 637 g/mol. The van der Waals surface area contributed by atoms with Crippen molar-refractivity contribution >= 4 is 30.0 Å². The summed E-state index contributed by atoms with van der Waals surface area (Å²) in [6.07, 6.45) is -4.59. The summed E-state index contributed by atoms with van der Waals surface area (Å²) in [5.41, 5.74) is -6.32. The van der Waals surface area contributed by atoms with Crippen LogP contribution in [0, 0.1) is 11.3 Å². The van der Waals surface area contributed by atoms with Gasteiger partial charge in [-0.25, -0.2) is 9.59 Å². The zero-order chi connectivity index (χ0) is 33.7. The quantitative estimate of drug-likeness (QED) is 0.261. The first-order valence-corrected chi connectivity index (χ1v) is 15.2. The molecule has 246 valence electrons. The maximum atomic E-state index is 13.7. The lowest BCUT2D eigenvalue weighted by Gasteiger charge is -2.66. The second-order valence-electron chi connectivity index (χ2n) is 13.1. The highest BCUT2D eigenvalue weighted by molar-refractivity contribution is 5.89. The Balaban J connectivity index is 1.70. The van der Waals surface area contributed by atoms with Crippen molar-refractivity contribution in [1.82, 2.24) is 0 Å². The van der Waals surface area contributed by atoms with Gasteiger partial charge in [0.25, 0.3) is 0 Å². The lowest BCUT2D eigenvalue weighted by atomic mass is 9.46. The van der Waals surface area contributed by atoms with Crippen molar-refractivity contribution in [2.45, 2.75) is 95.3 Å². The molecule has 3 aliphatic rings. The molecule has 0 unspecified atom stereocenters. The van der Waals surface area contributed by atoms with Gasteiger partial charge in [0, 0.05) is 25.8 Å². The van der Waals surface area contributed by atoms with Gasteiger partial charge in [0.1, 0.15) is 29.5 Å². The van der Waals surface area contributed by atoms with E-state index in [0.29, 0.717) is 0 Å². The minimum absolute atomic E-state index is 0.0481. The maximum absolute atomic E-state index is 13.7. The third-order valence-corrected chi connectivity index (χ3v) is 9.86. The van der Waals surface area contributed by atoms with E-state index in [9.17, 15) is 29.4 Å². The normalized spacial score (nSPS) is 35.9. The maximum Gasteiger partial charge on any atom is 0.338 e. The first kappa shape index (κ1) is 33.3. The van der Waals surface area contributed by atoms with E-state index < -0.39 is 82.5 Å². The van der Waals surface area contributed by atoms with Gasteiger partial charge in [-0.15, -0.1) is 0 Å². The van der Waals surface area contributed by atoms with Crippen LogP contribution in [0.3, 0.4) is 0 Å². The summed E-state index contributed by atoms with van der Waals surface area (Å²) < 4.78 is 30.5. The fourth-order valence-corrected chi connectivity index (χ4v) is 7.80. The van der Waals surface area contributed by atoms with E-state index in [1.807, 2.05) is 30.3 Å². The van der Waals surface area contributed by atoms with Gasteiger partial charge in [-0.2, -0.15) is 0 Å². The van der Waals surface area contributed by atoms with E-state index in [0.717, 1.165) is 12.5 Å². The number of hydrogen-bond acceptors (Lipinski definition) is 11. The zero-order valence-electron chi connectivity index (χ0n) is 26.7. The number of aliphatic hydroxyl groups is 2. The number of hydrogen-bond donors (Lipinski definition) is 2. The number of benzene rings is 2.